The van der Waals surface area contributed by atoms with Crippen molar-refractivity contribution in [1.29, 1.82) is 5.26 Å². The number of rotatable bonds is 5. The molecule has 1 amide bonds. The molecule has 0 atom stereocenters. The average Bonchev–Trinajstić information content (AvgIpc) is 3.12. The second-order valence-electron chi connectivity index (χ2n) is 6.74. The summed E-state index contributed by atoms with van der Waals surface area (Å²) >= 11 is 2.20. The molecule has 1 aromatic heterocycles. The summed E-state index contributed by atoms with van der Waals surface area (Å²) in [6.07, 6.45) is 3.69. The number of hydrogen-bond donors (Lipinski definition) is 1. The lowest BCUT2D eigenvalue weighted by Crippen LogP contribution is -2.17. The Morgan fingerprint density at radius 3 is 2.53 bits per heavy atom. The summed E-state index contributed by atoms with van der Waals surface area (Å²) in [7, 11) is 0. The number of nitriles is 1. The number of hydrazone groups is 1. The van der Waals surface area contributed by atoms with E-state index in [-0.39, 0.29) is 5.91 Å². The minimum absolute atomic E-state index is 0.246. The Bertz CT molecular complexity index is 1270. The third kappa shape index (κ3) is 4.42. The maximum absolute atomic E-state index is 12.3. The van der Waals surface area contributed by atoms with Crippen molar-refractivity contribution in [2.75, 3.05) is 0 Å². The molecule has 0 aliphatic rings. The number of nitrogens with zero attached hydrogens (tertiary/aromatic N) is 3. The van der Waals surface area contributed by atoms with E-state index < -0.39 is 0 Å². The molecule has 0 aliphatic carbocycles. The molecule has 5 nitrogen and oxygen atoms in total. The van der Waals surface area contributed by atoms with Gasteiger partial charge in [0.05, 0.1) is 17.8 Å². The Labute approximate surface area is 187 Å². The fourth-order valence-electron chi connectivity index (χ4n) is 3.22. The highest BCUT2D eigenvalue weighted by molar-refractivity contribution is 14.1. The lowest BCUT2D eigenvalue weighted by atomic mass is 10.1. The number of amides is 1. The van der Waals surface area contributed by atoms with E-state index >= 15 is 0 Å². The smallest absolute Gasteiger partial charge is 0.271 e. The van der Waals surface area contributed by atoms with Crippen LogP contribution in [0.15, 0.2) is 84.1 Å². The summed E-state index contributed by atoms with van der Waals surface area (Å²) in [5, 5.41) is 14.2. The Kier molecular flexibility index (Phi) is 5.91. The summed E-state index contributed by atoms with van der Waals surface area (Å²) in [6, 6.07) is 25.1. The van der Waals surface area contributed by atoms with Crippen LogP contribution in [0.25, 0.3) is 10.9 Å². The molecule has 4 aromatic rings. The molecule has 0 spiro atoms. The number of nitrogens with one attached hydrogen (secondary N) is 1. The maximum Gasteiger partial charge on any atom is 0.271 e. The zero-order valence-corrected chi connectivity index (χ0v) is 18.1. The number of carbonyl (C=O) groups is 1. The first kappa shape index (κ1) is 19.9. The van der Waals surface area contributed by atoms with Gasteiger partial charge in [0.25, 0.3) is 5.91 Å². The van der Waals surface area contributed by atoms with E-state index in [4.69, 9.17) is 5.26 Å². The van der Waals surface area contributed by atoms with Crippen LogP contribution in [0, 0.1) is 14.9 Å². The van der Waals surface area contributed by atoms with E-state index in [1.165, 1.54) is 0 Å². The molecule has 6 heteroatoms. The van der Waals surface area contributed by atoms with Crippen molar-refractivity contribution in [2.24, 2.45) is 5.10 Å². The Morgan fingerprint density at radius 1 is 1.07 bits per heavy atom. The fourth-order valence-corrected chi connectivity index (χ4v) is 3.58. The number of halogens is 1. The van der Waals surface area contributed by atoms with Crippen LogP contribution < -0.4 is 5.43 Å². The summed E-state index contributed by atoms with van der Waals surface area (Å²) in [5.74, 6) is -0.246. The topological polar surface area (TPSA) is 70.2 Å². The molecule has 1 heterocycles. The first-order chi connectivity index (χ1) is 14.6. The minimum Gasteiger partial charge on any atom is -0.342 e. The molecule has 3 aromatic carbocycles. The molecular weight excluding hydrogens is 487 g/mol. The van der Waals surface area contributed by atoms with Gasteiger partial charge in [-0.2, -0.15) is 10.4 Å². The van der Waals surface area contributed by atoms with Gasteiger partial charge >= 0.3 is 0 Å². The van der Waals surface area contributed by atoms with Crippen LogP contribution in [-0.2, 0) is 6.54 Å². The molecular formula is C24H17IN4O. The Hall–Kier alpha value is -3.44. The molecule has 30 heavy (non-hydrogen) atoms. The highest BCUT2D eigenvalue weighted by Crippen LogP contribution is 2.21. The van der Waals surface area contributed by atoms with Crippen LogP contribution in [0.2, 0.25) is 0 Å². The molecule has 0 fully saturated rings. The summed E-state index contributed by atoms with van der Waals surface area (Å²) < 4.78 is 3.21. The van der Waals surface area contributed by atoms with E-state index in [2.05, 4.69) is 49.8 Å². The van der Waals surface area contributed by atoms with E-state index in [1.54, 1.807) is 18.3 Å². The molecule has 0 saturated heterocycles. The summed E-state index contributed by atoms with van der Waals surface area (Å²) in [6.45, 7) is 0.676. The van der Waals surface area contributed by atoms with Gasteiger partial charge < -0.3 is 4.57 Å². The highest BCUT2D eigenvalue weighted by Gasteiger charge is 2.08. The standard InChI is InChI=1S/C24H17IN4O/c25-21-11-9-19(10-12-21)24(30)28-27-14-20-16-29(23-4-2-1-3-22(20)23)15-18-7-5-17(13-26)6-8-18/h1-12,14,16H,15H2,(H,28,30)/b27-14-. The molecule has 0 bridgehead atoms. The maximum atomic E-state index is 12.3. The van der Waals surface area contributed by atoms with Crippen molar-refractivity contribution < 1.29 is 4.79 Å². The second kappa shape index (κ2) is 8.93. The van der Waals surface area contributed by atoms with Gasteiger partial charge in [-0.1, -0.05) is 30.3 Å². The zero-order chi connectivity index (χ0) is 20.9. The molecule has 0 unspecified atom stereocenters. The lowest BCUT2D eigenvalue weighted by molar-refractivity contribution is 0.0955. The number of carbonyl (C=O) groups excluding carboxylic acids is 1. The van der Waals surface area contributed by atoms with Crippen molar-refractivity contribution in [1.82, 2.24) is 9.99 Å². The van der Waals surface area contributed by atoms with E-state index in [1.807, 2.05) is 60.8 Å². The number of fused-ring (bicyclic) bond motifs is 1. The molecule has 146 valence electrons. The van der Waals surface area contributed by atoms with Crippen molar-refractivity contribution >= 4 is 45.6 Å². The SMILES string of the molecule is N#Cc1ccc(Cn2cc(/C=N\NC(=O)c3ccc(I)cc3)c3ccccc32)cc1. The van der Waals surface area contributed by atoms with Gasteiger partial charge in [0.15, 0.2) is 0 Å². The van der Waals surface area contributed by atoms with Gasteiger partial charge in [0.1, 0.15) is 0 Å². The van der Waals surface area contributed by atoms with Crippen molar-refractivity contribution in [2.45, 2.75) is 6.54 Å². The highest BCUT2D eigenvalue weighted by atomic mass is 127. The van der Waals surface area contributed by atoms with Crippen molar-refractivity contribution in [3.8, 4) is 6.07 Å². The van der Waals surface area contributed by atoms with Gasteiger partial charge in [0, 0.05) is 38.3 Å². The van der Waals surface area contributed by atoms with Crippen LogP contribution in [0.5, 0.6) is 0 Å². The quantitative estimate of drug-likeness (QED) is 0.238. The lowest BCUT2D eigenvalue weighted by Gasteiger charge is -2.05. The molecule has 0 radical (unpaired) electrons. The van der Waals surface area contributed by atoms with Crippen LogP contribution >= 0.6 is 22.6 Å². The van der Waals surface area contributed by atoms with Gasteiger partial charge in [-0.25, -0.2) is 5.43 Å². The molecule has 4 rings (SSSR count). The van der Waals surface area contributed by atoms with Crippen molar-refractivity contribution in [3.05, 3.63) is 105 Å². The molecule has 1 N–H and O–H groups in total. The number of aromatic nitrogens is 1. The first-order valence-electron chi connectivity index (χ1n) is 9.30. The zero-order valence-electron chi connectivity index (χ0n) is 15.9. The first-order valence-corrected chi connectivity index (χ1v) is 10.4. The van der Waals surface area contributed by atoms with Crippen molar-refractivity contribution in [3.63, 3.8) is 0 Å². The predicted octanol–water partition coefficient (Wildman–Crippen LogP) is 4.93. The van der Waals surface area contributed by atoms with Gasteiger partial charge in [-0.15, -0.1) is 0 Å². The minimum atomic E-state index is -0.246. The normalized spacial score (nSPS) is 10.9. The Morgan fingerprint density at radius 2 is 1.80 bits per heavy atom. The van der Waals surface area contributed by atoms with Crippen LogP contribution in [0.4, 0.5) is 0 Å². The van der Waals surface area contributed by atoms with Crippen LogP contribution in [0.1, 0.15) is 27.0 Å². The number of para-hydroxylation sites is 1. The monoisotopic (exact) mass is 504 g/mol. The van der Waals surface area contributed by atoms with Crippen LogP contribution in [0.3, 0.4) is 0 Å². The van der Waals surface area contributed by atoms with Gasteiger partial charge in [-0.3, -0.25) is 4.79 Å². The van der Waals surface area contributed by atoms with E-state index in [0.29, 0.717) is 17.7 Å². The molecule has 0 saturated carbocycles. The molecule has 0 aliphatic heterocycles. The predicted molar refractivity (Wildman–Crippen MR) is 126 cm³/mol. The van der Waals surface area contributed by atoms with Gasteiger partial charge in [-0.05, 0) is 70.6 Å². The summed E-state index contributed by atoms with van der Waals surface area (Å²) in [5.41, 5.74) is 6.90. The average molecular weight is 504 g/mol. The Balaban J connectivity index is 1.55. The van der Waals surface area contributed by atoms with E-state index in [9.17, 15) is 4.79 Å². The largest absolute Gasteiger partial charge is 0.342 e. The number of hydrogen-bond acceptors (Lipinski definition) is 3. The fraction of sp³-hybridized carbons (Fsp3) is 0.0417. The van der Waals surface area contributed by atoms with Crippen LogP contribution in [-0.4, -0.2) is 16.7 Å². The second-order valence-corrected chi connectivity index (χ2v) is 7.99. The van der Waals surface area contributed by atoms with E-state index in [0.717, 1.165) is 25.6 Å². The number of benzene rings is 3. The third-order valence-corrected chi connectivity index (χ3v) is 5.45. The summed E-state index contributed by atoms with van der Waals surface area (Å²) in [4.78, 5) is 12.3. The van der Waals surface area contributed by atoms with Gasteiger partial charge in [0.2, 0.25) is 0 Å². The third-order valence-electron chi connectivity index (χ3n) is 4.73.